The van der Waals surface area contributed by atoms with Crippen molar-refractivity contribution >= 4 is 31.9 Å². The minimum Gasteiger partial charge on any atom is -0.0859 e. The van der Waals surface area contributed by atoms with Gasteiger partial charge in [0.1, 0.15) is 0 Å². The van der Waals surface area contributed by atoms with Crippen LogP contribution in [0.2, 0.25) is 0 Å². The van der Waals surface area contributed by atoms with Gasteiger partial charge in [-0.3, -0.25) is 0 Å². The van der Waals surface area contributed by atoms with E-state index < -0.39 is 0 Å². The summed E-state index contributed by atoms with van der Waals surface area (Å²) in [5.41, 5.74) is 1.42. The van der Waals surface area contributed by atoms with E-state index in [0.717, 1.165) is 15.7 Å². The maximum atomic E-state index is 3.36. The molecule has 0 nitrogen and oxygen atoms in total. The third kappa shape index (κ3) is 10.4. The first-order chi connectivity index (χ1) is 6.02. The van der Waals surface area contributed by atoms with Crippen LogP contribution in [0.4, 0.5) is 0 Å². The van der Waals surface area contributed by atoms with Crippen molar-refractivity contribution in [3.63, 3.8) is 0 Å². The molecule has 0 aromatic rings. The lowest BCUT2D eigenvalue weighted by molar-refractivity contribution is 0.546. The van der Waals surface area contributed by atoms with Gasteiger partial charge in [-0.05, 0) is 70.9 Å². The zero-order valence-electron chi connectivity index (χ0n) is 8.61. The summed E-state index contributed by atoms with van der Waals surface area (Å²) in [4.78, 5) is 0. The average Bonchev–Trinajstić information content (AvgIpc) is 2.00. The molecule has 0 amide bonds. The molecule has 76 valence electrons. The van der Waals surface area contributed by atoms with Gasteiger partial charge >= 0.3 is 0 Å². The Morgan fingerprint density at radius 1 is 1.23 bits per heavy atom. The van der Waals surface area contributed by atoms with E-state index in [2.05, 4.69) is 64.8 Å². The van der Waals surface area contributed by atoms with Crippen molar-refractivity contribution in [3.8, 4) is 0 Å². The minimum atomic E-state index is 0.765. The molecule has 2 heteroatoms. The number of halogens is 2. The highest BCUT2D eigenvalue weighted by Crippen LogP contribution is 2.18. The summed E-state index contributed by atoms with van der Waals surface area (Å²) in [6.45, 7) is 6.59. The van der Waals surface area contributed by atoms with Crippen LogP contribution in [-0.2, 0) is 0 Å². The highest BCUT2D eigenvalue weighted by atomic mass is 79.9. The summed E-state index contributed by atoms with van der Waals surface area (Å²) >= 11 is 6.72. The van der Waals surface area contributed by atoms with E-state index in [0.29, 0.717) is 0 Å². The molecule has 13 heavy (non-hydrogen) atoms. The molecule has 0 rings (SSSR count). The standard InChI is InChI=1S/C11H18Br2/c1-9(2)5-4-6-10(3)7-8-11(12)13/h5,8,10H,4,6-7H2,1-3H3/t10-/m0/s1. The molecule has 0 spiro atoms. The molecule has 0 aliphatic heterocycles. The molecule has 0 heterocycles. The van der Waals surface area contributed by atoms with Crippen LogP contribution in [-0.4, -0.2) is 0 Å². The fraction of sp³-hybridized carbons (Fsp3) is 0.636. The molecule has 1 atom stereocenters. The van der Waals surface area contributed by atoms with E-state index in [-0.39, 0.29) is 0 Å². The third-order valence-electron chi connectivity index (χ3n) is 1.89. The Labute approximate surface area is 98.7 Å². The SMILES string of the molecule is CC(C)=CCC[C@H](C)CC=C(Br)Br. The van der Waals surface area contributed by atoms with E-state index >= 15 is 0 Å². The zero-order valence-corrected chi connectivity index (χ0v) is 11.8. The molecule has 0 aliphatic carbocycles. The molecule has 0 N–H and O–H groups in total. The van der Waals surface area contributed by atoms with Gasteiger partial charge in [0.05, 0.1) is 3.39 Å². The van der Waals surface area contributed by atoms with Gasteiger partial charge < -0.3 is 0 Å². The van der Waals surface area contributed by atoms with E-state index in [1.165, 1.54) is 18.4 Å². The first-order valence-electron chi connectivity index (χ1n) is 4.67. The monoisotopic (exact) mass is 308 g/mol. The van der Waals surface area contributed by atoms with Crippen LogP contribution in [0.15, 0.2) is 21.1 Å². The van der Waals surface area contributed by atoms with Gasteiger partial charge in [-0.15, -0.1) is 0 Å². The number of allylic oxidation sites excluding steroid dienone is 3. The average molecular weight is 310 g/mol. The Hall–Kier alpha value is 0.440. The van der Waals surface area contributed by atoms with Crippen molar-refractivity contribution in [2.45, 2.75) is 40.0 Å². The van der Waals surface area contributed by atoms with Crippen molar-refractivity contribution in [1.82, 2.24) is 0 Å². The highest BCUT2D eigenvalue weighted by Gasteiger charge is 1.98. The third-order valence-corrected chi connectivity index (χ3v) is 2.53. The lowest BCUT2D eigenvalue weighted by Gasteiger charge is -2.06. The molecular formula is C11H18Br2. The van der Waals surface area contributed by atoms with Crippen molar-refractivity contribution < 1.29 is 0 Å². The van der Waals surface area contributed by atoms with Crippen LogP contribution in [0.25, 0.3) is 0 Å². The van der Waals surface area contributed by atoms with Crippen LogP contribution in [0.5, 0.6) is 0 Å². The summed E-state index contributed by atoms with van der Waals surface area (Å²) in [6.07, 6.45) is 8.10. The first-order valence-corrected chi connectivity index (χ1v) is 6.25. The maximum absolute atomic E-state index is 3.36. The Balaban J connectivity index is 3.58. The van der Waals surface area contributed by atoms with Crippen molar-refractivity contribution in [2.75, 3.05) is 0 Å². The summed E-state index contributed by atoms with van der Waals surface area (Å²) in [5.74, 6) is 0.765. The van der Waals surface area contributed by atoms with Crippen LogP contribution in [0, 0.1) is 5.92 Å². The van der Waals surface area contributed by atoms with E-state index in [9.17, 15) is 0 Å². The topological polar surface area (TPSA) is 0 Å². The molecular weight excluding hydrogens is 292 g/mol. The highest BCUT2D eigenvalue weighted by molar-refractivity contribution is 9.28. The predicted molar refractivity (Wildman–Crippen MR) is 68.4 cm³/mol. The van der Waals surface area contributed by atoms with Crippen molar-refractivity contribution in [2.24, 2.45) is 5.92 Å². The molecule has 0 saturated heterocycles. The van der Waals surface area contributed by atoms with Gasteiger partial charge in [0.25, 0.3) is 0 Å². The Morgan fingerprint density at radius 3 is 2.31 bits per heavy atom. The van der Waals surface area contributed by atoms with E-state index in [1.807, 2.05) is 0 Å². The summed E-state index contributed by atoms with van der Waals surface area (Å²) in [7, 11) is 0. The van der Waals surface area contributed by atoms with Gasteiger partial charge in [-0.1, -0.05) is 24.6 Å². The second-order valence-electron chi connectivity index (χ2n) is 3.69. The quantitative estimate of drug-likeness (QED) is 0.597. The van der Waals surface area contributed by atoms with Gasteiger partial charge in [-0.2, -0.15) is 0 Å². The fourth-order valence-electron chi connectivity index (χ4n) is 1.06. The first kappa shape index (κ1) is 13.4. The van der Waals surface area contributed by atoms with Gasteiger partial charge in [0.2, 0.25) is 0 Å². The predicted octanol–water partition coefficient (Wildman–Crippen LogP) is 5.39. The summed E-state index contributed by atoms with van der Waals surface area (Å²) < 4.78 is 1.06. The number of hydrogen-bond acceptors (Lipinski definition) is 0. The smallest absolute Gasteiger partial charge is 0.0564 e. The molecule has 0 bridgehead atoms. The van der Waals surface area contributed by atoms with Crippen LogP contribution in [0.1, 0.15) is 40.0 Å². The molecule has 0 saturated carbocycles. The second-order valence-corrected chi connectivity index (χ2v) is 6.47. The zero-order chi connectivity index (χ0) is 10.3. The Kier molecular flexibility index (Phi) is 8.07. The van der Waals surface area contributed by atoms with Gasteiger partial charge in [0, 0.05) is 0 Å². The number of hydrogen-bond donors (Lipinski definition) is 0. The molecule has 0 aromatic carbocycles. The number of rotatable bonds is 5. The molecule has 0 radical (unpaired) electrons. The van der Waals surface area contributed by atoms with Gasteiger partial charge in [0.15, 0.2) is 0 Å². The van der Waals surface area contributed by atoms with Crippen LogP contribution < -0.4 is 0 Å². The maximum Gasteiger partial charge on any atom is 0.0564 e. The van der Waals surface area contributed by atoms with E-state index in [4.69, 9.17) is 0 Å². The minimum absolute atomic E-state index is 0.765. The molecule has 0 aromatic heterocycles. The van der Waals surface area contributed by atoms with Crippen LogP contribution >= 0.6 is 31.9 Å². The normalized spacial score (nSPS) is 12.1. The lowest BCUT2D eigenvalue weighted by atomic mass is 10.0. The largest absolute Gasteiger partial charge is 0.0859 e. The van der Waals surface area contributed by atoms with Crippen molar-refractivity contribution in [3.05, 3.63) is 21.1 Å². The van der Waals surface area contributed by atoms with Gasteiger partial charge in [-0.25, -0.2) is 0 Å². The van der Waals surface area contributed by atoms with Crippen molar-refractivity contribution in [1.29, 1.82) is 0 Å². The molecule has 0 fully saturated rings. The summed E-state index contributed by atoms with van der Waals surface area (Å²) in [6, 6.07) is 0. The Bertz CT molecular complexity index is 184. The molecule has 0 aliphatic rings. The van der Waals surface area contributed by atoms with E-state index in [1.54, 1.807) is 0 Å². The molecule has 0 unspecified atom stereocenters. The summed E-state index contributed by atoms with van der Waals surface area (Å²) in [5, 5.41) is 0. The second kappa shape index (κ2) is 7.81. The lowest BCUT2D eigenvalue weighted by Crippen LogP contribution is -1.91. The van der Waals surface area contributed by atoms with Crippen LogP contribution in [0.3, 0.4) is 0 Å². The fourth-order valence-corrected chi connectivity index (χ4v) is 1.44. The Morgan fingerprint density at radius 2 is 1.85 bits per heavy atom.